The maximum absolute atomic E-state index is 5.57. The molecule has 0 saturated carbocycles. The van der Waals surface area contributed by atoms with Gasteiger partial charge in [-0.05, 0) is 48.4 Å². The van der Waals surface area contributed by atoms with Crippen LogP contribution >= 0.6 is 24.8 Å². The topological polar surface area (TPSA) is 63.1 Å². The van der Waals surface area contributed by atoms with Crippen LogP contribution in [-0.2, 0) is 19.5 Å². The average Bonchev–Trinajstić information content (AvgIpc) is 2.98. The fraction of sp³-hybridized carbons (Fsp3) is 0.263. The molecule has 0 atom stereocenters. The number of aromatic nitrogens is 1. The second-order valence-electron chi connectivity index (χ2n) is 5.71. The Kier molecular flexibility index (Phi) is 8.79. The summed E-state index contributed by atoms with van der Waals surface area (Å²) in [6.45, 7) is 2.35. The molecule has 4 N–H and O–H groups in total. The molecule has 1 heterocycles. The smallest absolute Gasteiger partial charge is 0.119 e. The van der Waals surface area contributed by atoms with E-state index >= 15 is 0 Å². The normalized spacial score (nSPS) is 10.2. The lowest BCUT2D eigenvalue weighted by atomic mass is 10.1. The van der Waals surface area contributed by atoms with Crippen LogP contribution in [0, 0.1) is 0 Å². The van der Waals surface area contributed by atoms with Crippen molar-refractivity contribution in [2.45, 2.75) is 19.5 Å². The van der Waals surface area contributed by atoms with E-state index in [1.54, 1.807) is 7.11 Å². The number of ether oxygens (including phenoxy) is 1. The summed E-state index contributed by atoms with van der Waals surface area (Å²) in [6, 6.07) is 16.9. The molecule has 4 nitrogen and oxygen atoms in total. The minimum absolute atomic E-state index is 0. The van der Waals surface area contributed by atoms with Crippen molar-refractivity contribution in [3.63, 3.8) is 0 Å². The maximum atomic E-state index is 5.57. The van der Waals surface area contributed by atoms with E-state index in [1.165, 1.54) is 22.2 Å². The van der Waals surface area contributed by atoms with E-state index in [4.69, 9.17) is 10.5 Å². The van der Waals surface area contributed by atoms with Crippen LogP contribution in [0.15, 0.2) is 48.5 Å². The van der Waals surface area contributed by atoms with Gasteiger partial charge in [-0.3, -0.25) is 0 Å². The van der Waals surface area contributed by atoms with Crippen LogP contribution in [0.25, 0.3) is 10.9 Å². The Bertz CT molecular complexity index is 772. The van der Waals surface area contributed by atoms with Gasteiger partial charge in [-0.1, -0.05) is 24.3 Å². The van der Waals surface area contributed by atoms with Gasteiger partial charge in [0.05, 0.1) is 7.11 Å². The first kappa shape index (κ1) is 21.3. The Morgan fingerprint density at radius 3 is 2.36 bits per heavy atom. The van der Waals surface area contributed by atoms with Crippen LogP contribution in [0.2, 0.25) is 0 Å². The van der Waals surface area contributed by atoms with Gasteiger partial charge in [0.1, 0.15) is 5.75 Å². The highest BCUT2D eigenvalue weighted by Crippen LogP contribution is 2.21. The molecule has 0 saturated heterocycles. The Balaban J connectivity index is 0.00000156. The van der Waals surface area contributed by atoms with Gasteiger partial charge in [0.25, 0.3) is 0 Å². The van der Waals surface area contributed by atoms with Crippen molar-refractivity contribution in [2.24, 2.45) is 5.73 Å². The van der Waals surface area contributed by atoms with Crippen LogP contribution < -0.4 is 15.8 Å². The van der Waals surface area contributed by atoms with Crippen molar-refractivity contribution in [2.75, 3.05) is 13.7 Å². The van der Waals surface area contributed by atoms with Crippen molar-refractivity contribution in [1.82, 2.24) is 10.3 Å². The van der Waals surface area contributed by atoms with Gasteiger partial charge in [-0.25, -0.2) is 0 Å². The van der Waals surface area contributed by atoms with E-state index in [0.717, 1.165) is 30.8 Å². The van der Waals surface area contributed by atoms with Crippen molar-refractivity contribution in [3.8, 4) is 5.75 Å². The second kappa shape index (κ2) is 10.3. The molecule has 0 unspecified atom stereocenters. The van der Waals surface area contributed by atoms with Crippen molar-refractivity contribution < 1.29 is 4.74 Å². The minimum atomic E-state index is 0. The number of hydrogen-bond donors (Lipinski definition) is 3. The molecule has 0 fully saturated rings. The summed E-state index contributed by atoms with van der Waals surface area (Å²) in [6.07, 6.45) is 0.937. The molecule has 0 aliphatic heterocycles. The third kappa shape index (κ3) is 5.65. The molecule has 0 radical (unpaired) electrons. The number of methoxy groups -OCH3 is 1. The number of fused-ring (bicyclic) bond motifs is 1. The molecule has 0 aliphatic rings. The first-order valence-electron chi connectivity index (χ1n) is 7.93. The van der Waals surface area contributed by atoms with E-state index < -0.39 is 0 Å². The molecule has 3 aromatic rings. The summed E-state index contributed by atoms with van der Waals surface area (Å²) in [5, 5.41) is 4.65. The lowest BCUT2D eigenvalue weighted by Crippen LogP contribution is -2.13. The molecule has 6 heteroatoms. The molecular formula is C19H25Cl2N3O. The predicted molar refractivity (Wildman–Crippen MR) is 109 cm³/mol. The lowest BCUT2D eigenvalue weighted by molar-refractivity contribution is 0.415. The van der Waals surface area contributed by atoms with Gasteiger partial charge in [0, 0.05) is 29.7 Å². The summed E-state index contributed by atoms with van der Waals surface area (Å²) in [5.41, 5.74) is 10.5. The standard InChI is InChI=1S/C19H23N3O.2ClH/c1-23-18-6-7-19-16(11-18)10-17(22-19)13-21-12-15-4-2-14(3-5-15)8-9-20;;/h2-7,10-11,21-22H,8-9,12-13,20H2,1H3;2*1H. The summed E-state index contributed by atoms with van der Waals surface area (Å²) in [4.78, 5) is 3.43. The zero-order valence-corrected chi connectivity index (χ0v) is 15.9. The largest absolute Gasteiger partial charge is 0.497 e. The quantitative estimate of drug-likeness (QED) is 0.582. The van der Waals surface area contributed by atoms with E-state index in [0.29, 0.717) is 6.54 Å². The first-order valence-corrected chi connectivity index (χ1v) is 7.93. The molecule has 136 valence electrons. The van der Waals surface area contributed by atoms with Gasteiger partial charge < -0.3 is 20.8 Å². The van der Waals surface area contributed by atoms with Gasteiger partial charge in [-0.2, -0.15) is 0 Å². The Hall–Kier alpha value is -1.72. The third-order valence-electron chi connectivity index (χ3n) is 3.98. The number of halogens is 2. The Morgan fingerprint density at radius 1 is 0.960 bits per heavy atom. The van der Waals surface area contributed by atoms with Crippen molar-refractivity contribution in [3.05, 3.63) is 65.4 Å². The fourth-order valence-corrected chi connectivity index (χ4v) is 2.72. The number of rotatable bonds is 7. The van der Waals surface area contributed by atoms with Crippen LogP contribution in [0.1, 0.15) is 16.8 Å². The monoisotopic (exact) mass is 381 g/mol. The van der Waals surface area contributed by atoms with E-state index in [1.807, 2.05) is 18.2 Å². The highest BCUT2D eigenvalue weighted by Gasteiger charge is 2.02. The summed E-state index contributed by atoms with van der Waals surface area (Å²) >= 11 is 0. The molecule has 3 rings (SSSR count). The van der Waals surface area contributed by atoms with Gasteiger partial charge in [-0.15, -0.1) is 24.8 Å². The molecule has 2 aromatic carbocycles. The highest BCUT2D eigenvalue weighted by atomic mass is 35.5. The van der Waals surface area contributed by atoms with Gasteiger partial charge in [0.2, 0.25) is 0 Å². The fourth-order valence-electron chi connectivity index (χ4n) is 2.72. The van der Waals surface area contributed by atoms with E-state index in [-0.39, 0.29) is 24.8 Å². The number of aromatic amines is 1. The lowest BCUT2D eigenvalue weighted by Gasteiger charge is -2.05. The predicted octanol–water partition coefficient (Wildman–Crippen LogP) is 3.81. The SMILES string of the molecule is COc1ccc2[nH]c(CNCc3ccc(CCN)cc3)cc2c1.Cl.Cl. The zero-order valence-electron chi connectivity index (χ0n) is 14.2. The summed E-state index contributed by atoms with van der Waals surface area (Å²) < 4.78 is 5.26. The van der Waals surface area contributed by atoms with E-state index in [2.05, 4.69) is 40.6 Å². The summed E-state index contributed by atoms with van der Waals surface area (Å²) in [5.74, 6) is 0.883. The zero-order chi connectivity index (χ0) is 16.1. The van der Waals surface area contributed by atoms with Crippen LogP contribution in [-0.4, -0.2) is 18.6 Å². The van der Waals surface area contributed by atoms with Crippen molar-refractivity contribution in [1.29, 1.82) is 0 Å². The van der Waals surface area contributed by atoms with Crippen LogP contribution in [0.3, 0.4) is 0 Å². The van der Waals surface area contributed by atoms with Gasteiger partial charge >= 0.3 is 0 Å². The average molecular weight is 382 g/mol. The molecular weight excluding hydrogens is 357 g/mol. The Labute approximate surface area is 161 Å². The number of H-pyrrole nitrogens is 1. The van der Waals surface area contributed by atoms with E-state index in [9.17, 15) is 0 Å². The number of nitrogens with two attached hydrogens (primary N) is 1. The number of benzene rings is 2. The van der Waals surface area contributed by atoms with Crippen LogP contribution in [0.4, 0.5) is 0 Å². The van der Waals surface area contributed by atoms with Crippen LogP contribution in [0.5, 0.6) is 5.75 Å². The maximum Gasteiger partial charge on any atom is 0.119 e. The molecule has 0 amide bonds. The molecule has 0 spiro atoms. The van der Waals surface area contributed by atoms with Gasteiger partial charge in [0.15, 0.2) is 0 Å². The Morgan fingerprint density at radius 2 is 1.68 bits per heavy atom. The number of hydrogen-bond acceptors (Lipinski definition) is 3. The molecule has 25 heavy (non-hydrogen) atoms. The molecule has 0 bridgehead atoms. The van der Waals surface area contributed by atoms with Crippen molar-refractivity contribution >= 4 is 35.7 Å². The minimum Gasteiger partial charge on any atom is -0.497 e. The third-order valence-corrected chi connectivity index (χ3v) is 3.98. The molecule has 0 aliphatic carbocycles. The highest BCUT2D eigenvalue weighted by molar-refractivity contribution is 5.85. The second-order valence-corrected chi connectivity index (χ2v) is 5.71. The molecule has 1 aromatic heterocycles. The number of nitrogens with one attached hydrogen (secondary N) is 2. The summed E-state index contributed by atoms with van der Waals surface area (Å²) in [7, 11) is 1.69. The first-order chi connectivity index (χ1) is 11.3.